The fraction of sp³-hybridized carbons (Fsp3) is 0.0909. The van der Waals surface area contributed by atoms with Crippen LogP contribution in [0.15, 0.2) is 76.3 Å². The molecule has 148 valence electrons. The molecule has 0 amide bonds. The van der Waals surface area contributed by atoms with Gasteiger partial charge in [0.2, 0.25) is 11.7 Å². The summed E-state index contributed by atoms with van der Waals surface area (Å²) in [5.74, 6) is 0.275. The fourth-order valence-electron chi connectivity index (χ4n) is 3.20. The summed E-state index contributed by atoms with van der Waals surface area (Å²) < 4.78 is 21.4. The monoisotopic (exact) mass is 401 g/mol. The Bertz CT molecular complexity index is 1400. The Labute approximate surface area is 170 Å². The molecule has 0 atom stereocenters. The maximum absolute atomic E-state index is 13.1. The molecule has 0 saturated heterocycles. The third kappa shape index (κ3) is 3.28. The molecule has 3 aromatic heterocycles. The largest absolute Gasteiger partial charge is 0.337 e. The maximum Gasteiger partial charge on any atom is 0.277 e. The molecule has 0 radical (unpaired) electrons. The summed E-state index contributed by atoms with van der Waals surface area (Å²) in [6.45, 7) is 2.14. The normalized spacial score (nSPS) is 11.3. The highest BCUT2D eigenvalue weighted by Crippen LogP contribution is 2.19. The molecule has 0 fully saturated rings. The number of aromatic nitrogens is 5. The zero-order valence-corrected chi connectivity index (χ0v) is 16.0. The van der Waals surface area contributed by atoms with Gasteiger partial charge >= 0.3 is 0 Å². The van der Waals surface area contributed by atoms with Crippen molar-refractivity contribution in [1.82, 2.24) is 24.3 Å². The van der Waals surface area contributed by atoms with Crippen LogP contribution in [0.3, 0.4) is 0 Å². The topological polar surface area (TPSA) is 78.2 Å². The number of benzene rings is 2. The van der Waals surface area contributed by atoms with E-state index in [1.54, 1.807) is 35.1 Å². The van der Waals surface area contributed by atoms with Crippen LogP contribution in [0, 0.1) is 12.7 Å². The predicted molar refractivity (Wildman–Crippen MR) is 108 cm³/mol. The van der Waals surface area contributed by atoms with Gasteiger partial charge in [-0.25, -0.2) is 8.91 Å². The van der Waals surface area contributed by atoms with Crippen LogP contribution < -0.4 is 5.56 Å². The Balaban J connectivity index is 1.45. The van der Waals surface area contributed by atoms with E-state index >= 15 is 0 Å². The number of fused-ring (bicyclic) bond motifs is 1. The van der Waals surface area contributed by atoms with E-state index in [2.05, 4.69) is 15.2 Å². The van der Waals surface area contributed by atoms with Gasteiger partial charge in [0.1, 0.15) is 17.9 Å². The van der Waals surface area contributed by atoms with Gasteiger partial charge in [0.15, 0.2) is 0 Å². The van der Waals surface area contributed by atoms with Crippen molar-refractivity contribution in [2.24, 2.45) is 0 Å². The highest BCUT2D eigenvalue weighted by atomic mass is 19.1. The van der Waals surface area contributed by atoms with E-state index in [1.807, 2.05) is 31.2 Å². The zero-order valence-electron chi connectivity index (χ0n) is 16.0. The Morgan fingerprint density at radius 2 is 1.73 bits per heavy atom. The molecular formula is C22H16FN5O2. The van der Waals surface area contributed by atoms with Gasteiger partial charge in [-0.05, 0) is 37.3 Å². The molecule has 0 aliphatic rings. The van der Waals surface area contributed by atoms with Gasteiger partial charge in [-0.1, -0.05) is 35.0 Å². The quantitative estimate of drug-likeness (QED) is 0.459. The van der Waals surface area contributed by atoms with Crippen molar-refractivity contribution >= 4 is 5.52 Å². The standard InChI is InChI=1S/C22H16FN5O2/c1-14-2-4-15(5-3-14)18-12-19-22(29)27(10-11-28(19)25-18)13-20-24-21(26-30-20)16-6-8-17(23)9-7-16/h2-12H,13H2,1H3. The lowest BCUT2D eigenvalue weighted by Gasteiger charge is -2.01. The van der Waals surface area contributed by atoms with E-state index in [1.165, 1.54) is 16.7 Å². The predicted octanol–water partition coefficient (Wildman–Crippen LogP) is 3.71. The van der Waals surface area contributed by atoms with Gasteiger partial charge in [-0.15, -0.1) is 0 Å². The molecule has 30 heavy (non-hydrogen) atoms. The van der Waals surface area contributed by atoms with E-state index in [0.29, 0.717) is 16.9 Å². The lowest BCUT2D eigenvalue weighted by Crippen LogP contribution is -2.21. The lowest BCUT2D eigenvalue weighted by atomic mass is 10.1. The first kappa shape index (κ1) is 18.0. The van der Waals surface area contributed by atoms with Crippen LogP contribution in [0.2, 0.25) is 0 Å². The van der Waals surface area contributed by atoms with Crippen LogP contribution in [-0.4, -0.2) is 24.3 Å². The van der Waals surface area contributed by atoms with Crippen LogP contribution in [0.1, 0.15) is 11.5 Å². The first-order chi connectivity index (χ1) is 14.6. The van der Waals surface area contributed by atoms with Gasteiger partial charge < -0.3 is 9.09 Å². The van der Waals surface area contributed by atoms with Crippen LogP contribution in [0.4, 0.5) is 4.39 Å². The van der Waals surface area contributed by atoms with E-state index < -0.39 is 0 Å². The van der Waals surface area contributed by atoms with Crippen molar-refractivity contribution in [3.05, 3.63) is 94.6 Å². The number of aryl methyl sites for hydroxylation is 1. The minimum absolute atomic E-state index is 0.120. The SMILES string of the molecule is Cc1ccc(-c2cc3c(=O)n(Cc4nc(-c5ccc(F)cc5)no4)ccn3n2)cc1. The second-order valence-corrected chi connectivity index (χ2v) is 6.98. The van der Waals surface area contributed by atoms with Gasteiger partial charge in [0.25, 0.3) is 5.56 Å². The summed E-state index contributed by atoms with van der Waals surface area (Å²) in [6.07, 6.45) is 3.34. The van der Waals surface area contributed by atoms with Crippen LogP contribution in [-0.2, 0) is 6.54 Å². The van der Waals surface area contributed by atoms with Gasteiger partial charge in [-0.3, -0.25) is 4.79 Å². The van der Waals surface area contributed by atoms with Crippen molar-refractivity contribution in [1.29, 1.82) is 0 Å². The molecule has 5 rings (SSSR count). The van der Waals surface area contributed by atoms with Crippen LogP contribution in [0.5, 0.6) is 0 Å². The third-order valence-corrected chi connectivity index (χ3v) is 4.83. The number of hydrogen-bond acceptors (Lipinski definition) is 5. The Morgan fingerprint density at radius 3 is 2.50 bits per heavy atom. The summed E-state index contributed by atoms with van der Waals surface area (Å²) in [5.41, 5.74) is 3.69. The second kappa shape index (κ2) is 7.07. The number of nitrogens with zero attached hydrogens (tertiary/aromatic N) is 5. The minimum atomic E-state index is -0.340. The molecule has 5 aromatic rings. The highest BCUT2D eigenvalue weighted by Gasteiger charge is 2.13. The van der Waals surface area contributed by atoms with Crippen LogP contribution in [0.25, 0.3) is 28.2 Å². The van der Waals surface area contributed by atoms with E-state index in [-0.39, 0.29) is 23.8 Å². The molecule has 0 aliphatic carbocycles. The van der Waals surface area contributed by atoms with Crippen molar-refractivity contribution in [3.63, 3.8) is 0 Å². The maximum atomic E-state index is 13.1. The fourth-order valence-corrected chi connectivity index (χ4v) is 3.20. The molecule has 0 spiro atoms. The smallest absolute Gasteiger partial charge is 0.277 e. The van der Waals surface area contributed by atoms with Gasteiger partial charge in [0.05, 0.1) is 5.69 Å². The first-order valence-electron chi connectivity index (χ1n) is 9.31. The summed E-state index contributed by atoms with van der Waals surface area (Å²) in [6, 6.07) is 15.5. The third-order valence-electron chi connectivity index (χ3n) is 4.83. The van der Waals surface area contributed by atoms with Gasteiger partial charge in [-0.2, -0.15) is 10.1 Å². The lowest BCUT2D eigenvalue weighted by molar-refractivity contribution is 0.370. The summed E-state index contributed by atoms with van der Waals surface area (Å²) in [4.78, 5) is 17.2. The molecule has 0 saturated carbocycles. The van der Waals surface area contributed by atoms with Gasteiger partial charge in [0, 0.05) is 23.5 Å². The minimum Gasteiger partial charge on any atom is -0.337 e. The molecule has 3 heterocycles. The van der Waals surface area contributed by atoms with Crippen LogP contribution >= 0.6 is 0 Å². The van der Waals surface area contributed by atoms with Crippen molar-refractivity contribution in [2.45, 2.75) is 13.5 Å². The second-order valence-electron chi connectivity index (χ2n) is 6.98. The summed E-state index contributed by atoms with van der Waals surface area (Å²) in [7, 11) is 0. The number of hydrogen-bond donors (Lipinski definition) is 0. The molecule has 0 unspecified atom stereocenters. The summed E-state index contributed by atoms with van der Waals surface area (Å²) in [5, 5.41) is 8.41. The number of rotatable bonds is 4. The molecule has 2 aromatic carbocycles. The first-order valence-corrected chi connectivity index (χ1v) is 9.31. The zero-order chi connectivity index (χ0) is 20.7. The van der Waals surface area contributed by atoms with E-state index in [0.717, 1.165) is 16.8 Å². The highest BCUT2D eigenvalue weighted by molar-refractivity contribution is 5.65. The molecule has 0 bridgehead atoms. The Morgan fingerprint density at radius 1 is 1.00 bits per heavy atom. The number of halogens is 1. The summed E-state index contributed by atoms with van der Waals surface area (Å²) >= 11 is 0. The molecule has 0 N–H and O–H groups in total. The molecular weight excluding hydrogens is 385 g/mol. The Kier molecular flexibility index (Phi) is 4.24. The molecule has 7 nitrogen and oxygen atoms in total. The van der Waals surface area contributed by atoms with Crippen molar-refractivity contribution < 1.29 is 8.91 Å². The Hall–Kier alpha value is -4.07. The van der Waals surface area contributed by atoms with Crippen molar-refractivity contribution in [3.8, 4) is 22.6 Å². The average molecular weight is 401 g/mol. The van der Waals surface area contributed by atoms with E-state index in [4.69, 9.17) is 4.52 Å². The van der Waals surface area contributed by atoms with Crippen molar-refractivity contribution in [2.75, 3.05) is 0 Å². The molecule has 8 heteroatoms. The van der Waals surface area contributed by atoms with E-state index in [9.17, 15) is 9.18 Å². The molecule has 0 aliphatic heterocycles. The average Bonchev–Trinajstić information content (AvgIpc) is 3.39.